The van der Waals surface area contributed by atoms with Crippen LogP contribution in [0.2, 0.25) is 0 Å². The van der Waals surface area contributed by atoms with Crippen LogP contribution >= 0.6 is 0 Å². The molecule has 0 saturated carbocycles. The maximum Gasteiger partial charge on any atom is 0.311 e. The minimum atomic E-state index is -0.448. The minimum Gasteiger partial charge on any atom is -0.450 e. The highest BCUT2D eigenvalue weighted by Gasteiger charge is 2.17. The van der Waals surface area contributed by atoms with E-state index in [4.69, 9.17) is 10.5 Å². The summed E-state index contributed by atoms with van der Waals surface area (Å²) in [7, 11) is 0. The van der Waals surface area contributed by atoms with Gasteiger partial charge >= 0.3 is 5.69 Å². The van der Waals surface area contributed by atoms with Crippen LogP contribution in [0.25, 0.3) is 0 Å². The SMILES string of the molecule is Cc1ccc(Oc2ccccc2C(C)N)c([N+](=O)[O-])c1. The quantitative estimate of drug-likeness (QED) is 0.679. The summed E-state index contributed by atoms with van der Waals surface area (Å²) in [5.74, 6) is 0.753. The number of nitrogens with two attached hydrogens (primary N) is 1. The lowest BCUT2D eigenvalue weighted by Gasteiger charge is -2.13. The molecule has 104 valence electrons. The number of hydrogen-bond acceptors (Lipinski definition) is 4. The molecule has 0 saturated heterocycles. The van der Waals surface area contributed by atoms with E-state index in [1.807, 2.05) is 19.1 Å². The van der Waals surface area contributed by atoms with E-state index in [2.05, 4.69) is 0 Å². The Morgan fingerprint density at radius 1 is 1.20 bits per heavy atom. The van der Waals surface area contributed by atoms with Crippen LogP contribution in [0.1, 0.15) is 24.1 Å². The molecule has 1 unspecified atom stereocenters. The molecule has 5 nitrogen and oxygen atoms in total. The first kappa shape index (κ1) is 14.0. The third-order valence-corrected chi connectivity index (χ3v) is 2.94. The summed E-state index contributed by atoms with van der Waals surface area (Å²) in [5, 5.41) is 11.1. The van der Waals surface area contributed by atoms with E-state index in [0.717, 1.165) is 11.1 Å². The summed E-state index contributed by atoms with van der Waals surface area (Å²) in [4.78, 5) is 10.6. The molecule has 2 N–H and O–H groups in total. The first-order valence-corrected chi connectivity index (χ1v) is 6.26. The Hall–Kier alpha value is -2.40. The molecule has 0 amide bonds. The second kappa shape index (κ2) is 5.71. The number of rotatable bonds is 4. The zero-order valence-corrected chi connectivity index (χ0v) is 11.4. The summed E-state index contributed by atoms with van der Waals surface area (Å²) in [6.45, 7) is 3.64. The standard InChI is InChI=1S/C15H16N2O3/c1-10-7-8-15(13(9-10)17(18)19)20-14-6-4-3-5-12(14)11(2)16/h3-9,11H,16H2,1-2H3. The highest BCUT2D eigenvalue weighted by atomic mass is 16.6. The van der Waals surface area contributed by atoms with Crippen LogP contribution in [-0.2, 0) is 0 Å². The predicted octanol–water partition coefficient (Wildman–Crippen LogP) is 3.72. The number of benzene rings is 2. The van der Waals surface area contributed by atoms with E-state index in [1.54, 1.807) is 31.2 Å². The molecular weight excluding hydrogens is 256 g/mol. The van der Waals surface area contributed by atoms with Crippen molar-refractivity contribution in [1.29, 1.82) is 0 Å². The Kier molecular flexibility index (Phi) is 4.00. The van der Waals surface area contributed by atoms with Gasteiger partial charge in [0.1, 0.15) is 5.75 Å². The Morgan fingerprint density at radius 2 is 1.90 bits per heavy atom. The first-order chi connectivity index (χ1) is 9.49. The van der Waals surface area contributed by atoms with Crippen molar-refractivity contribution in [2.24, 2.45) is 5.73 Å². The van der Waals surface area contributed by atoms with Gasteiger partial charge < -0.3 is 10.5 Å². The van der Waals surface area contributed by atoms with Crippen molar-refractivity contribution in [3.8, 4) is 11.5 Å². The molecule has 5 heteroatoms. The zero-order valence-electron chi connectivity index (χ0n) is 11.4. The molecule has 0 radical (unpaired) electrons. The summed E-state index contributed by atoms with van der Waals surface area (Å²) < 4.78 is 5.70. The number of nitrogens with zero attached hydrogens (tertiary/aromatic N) is 1. The second-order valence-electron chi connectivity index (χ2n) is 4.66. The van der Waals surface area contributed by atoms with Gasteiger partial charge in [-0.3, -0.25) is 10.1 Å². The van der Waals surface area contributed by atoms with Crippen LogP contribution in [-0.4, -0.2) is 4.92 Å². The van der Waals surface area contributed by atoms with Crippen molar-refractivity contribution in [1.82, 2.24) is 0 Å². The molecule has 2 aromatic carbocycles. The van der Waals surface area contributed by atoms with Crippen molar-refractivity contribution in [2.45, 2.75) is 19.9 Å². The Bertz CT molecular complexity index is 639. The van der Waals surface area contributed by atoms with Crippen LogP contribution in [0.3, 0.4) is 0 Å². The fourth-order valence-corrected chi connectivity index (χ4v) is 1.92. The second-order valence-corrected chi connectivity index (χ2v) is 4.66. The number of aryl methyl sites for hydroxylation is 1. The first-order valence-electron chi connectivity index (χ1n) is 6.26. The Labute approximate surface area is 117 Å². The molecule has 0 aliphatic rings. The van der Waals surface area contributed by atoms with Crippen molar-refractivity contribution in [3.05, 3.63) is 63.7 Å². The minimum absolute atomic E-state index is 0.0514. The molecule has 0 heterocycles. The normalized spacial score (nSPS) is 11.9. The number of hydrogen-bond donors (Lipinski definition) is 1. The highest BCUT2D eigenvalue weighted by molar-refractivity contribution is 5.51. The van der Waals surface area contributed by atoms with E-state index in [1.165, 1.54) is 6.07 Å². The molecular formula is C15H16N2O3. The molecule has 0 fully saturated rings. The number of para-hydroxylation sites is 1. The highest BCUT2D eigenvalue weighted by Crippen LogP contribution is 2.34. The largest absolute Gasteiger partial charge is 0.450 e. The lowest BCUT2D eigenvalue weighted by Crippen LogP contribution is -2.06. The van der Waals surface area contributed by atoms with Crippen molar-refractivity contribution in [2.75, 3.05) is 0 Å². The van der Waals surface area contributed by atoms with Gasteiger partial charge in [-0.15, -0.1) is 0 Å². The van der Waals surface area contributed by atoms with Gasteiger partial charge in [0.25, 0.3) is 0 Å². The third kappa shape index (κ3) is 2.95. The fraction of sp³-hybridized carbons (Fsp3) is 0.200. The topological polar surface area (TPSA) is 78.4 Å². The number of nitro groups is 1. The van der Waals surface area contributed by atoms with E-state index >= 15 is 0 Å². The van der Waals surface area contributed by atoms with Crippen molar-refractivity contribution in [3.63, 3.8) is 0 Å². The van der Waals surface area contributed by atoms with E-state index < -0.39 is 4.92 Å². The molecule has 20 heavy (non-hydrogen) atoms. The molecule has 1 atom stereocenters. The van der Waals surface area contributed by atoms with E-state index in [-0.39, 0.29) is 17.5 Å². The van der Waals surface area contributed by atoms with Gasteiger partial charge in [0.2, 0.25) is 5.75 Å². The van der Waals surface area contributed by atoms with Crippen LogP contribution in [0.5, 0.6) is 11.5 Å². The van der Waals surface area contributed by atoms with Gasteiger partial charge in [-0.05, 0) is 31.5 Å². The molecule has 0 bridgehead atoms. The van der Waals surface area contributed by atoms with Crippen molar-refractivity contribution < 1.29 is 9.66 Å². The van der Waals surface area contributed by atoms with Crippen LogP contribution < -0.4 is 10.5 Å². The van der Waals surface area contributed by atoms with Crippen LogP contribution in [0, 0.1) is 17.0 Å². The molecule has 0 aliphatic carbocycles. The lowest BCUT2D eigenvalue weighted by molar-refractivity contribution is -0.385. The van der Waals surface area contributed by atoms with Gasteiger partial charge in [0, 0.05) is 17.7 Å². The summed E-state index contributed by atoms with van der Waals surface area (Å²) >= 11 is 0. The average molecular weight is 272 g/mol. The molecule has 0 spiro atoms. The zero-order chi connectivity index (χ0) is 14.7. The summed E-state index contributed by atoms with van der Waals surface area (Å²) in [6.07, 6.45) is 0. The van der Waals surface area contributed by atoms with Gasteiger partial charge in [0.05, 0.1) is 4.92 Å². The number of nitro benzene ring substituents is 1. The van der Waals surface area contributed by atoms with Gasteiger partial charge in [-0.25, -0.2) is 0 Å². The smallest absolute Gasteiger partial charge is 0.311 e. The van der Waals surface area contributed by atoms with Gasteiger partial charge in [0.15, 0.2) is 0 Å². The van der Waals surface area contributed by atoms with Gasteiger partial charge in [-0.1, -0.05) is 24.3 Å². The van der Waals surface area contributed by atoms with Crippen molar-refractivity contribution >= 4 is 5.69 Å². The fourth-order valence-electron chi connectivity index (χ4n) is 1.92. The van der Waals surface area contributed by atoms with E-state index in [0.29, 0.717) is 5.75 Å². The summed E-state index contributed by atoms with van der Waals surface area (Å²) in [5.41, 5.74) is 7.44. The molecule has 0 aromatic heterocycles. The maximum atomic E-state index is 11.1. The Morgan fingerprint density at radius 3 is 2.55 bits per heavy atom. The van der Waals surface area contributed by atoms with Crippen LogP contribution in [0.15, 0.2) is 42.5 Å². The maximum absolute atomic E-state index is 11.1. The predicted molar refractivity (Wildman–Crippen MR) is 77.0 cm³/mol. The third-order valence-electron chi connectivity index (χ3n) is 2.94. The molecule has 2 aromatic rings. The average Bonchev–Trinajstić information content (AvgIpc) is 2.41. The number of ether oxygens (including phenoxy) is 1. The summed E-state index contributed by atoms with van der Waals surface area (Å²) in [6, 6.07) is 11.9. The molecule has 0 aliphatic heterocycles. The molecule has 2 rings (SSSR count). The van der Waals surface area contributed by atoms with Crippen LogP contribution in [0.4, 0.5) is 5.69 Å². The van der Waals surface area contributed by atoms with Gasteiger partial charge in [-0.2, -0.15) is 0 Å². The van der Waals surface area contributed by atoms with E-state index in [9.17, 15) is 10.1 Å². The Balaban J connectivity index is 2.43. The monoisotopic (exact) mass is 272 g/mol. The lowest BCUT2D eigenvalue weighted by atomic mass is 10.1.